The summed E-state index contributed by atoms with van der Waals surface area (Å²) >= 11 is 0. The summed E-state index contributed by atoms with van der Waals surface area (Å²) < 4.78 is 18.9. The second-order valence-corrected chi connectivity index (χ2v) is 4.58. The second-order valence-electron chi connectivity index (χ2n) is 4.58. The van der Waals surface area contributed by atoms with E-state index in [-0.39, 0.29) is 11.9 Å². The smallest absolute Gasteiger partial charge is 0.247 e. The molecule has 0 saturated carbocycles. The van der Waals surface area contributed by atoms with Gasteiger partial charge in [-0.05, 0) is 31.5 Å². The summed E-state index contributed by atoms with van der Waals surface area (Å²) in [4.78, 5) is 0. The van der Waals surface area contributed by atoms with E-state index >= 15 is 0 Å². The average Bonchev–Trinajstić information content (AvgIpc) is 2.74. The molecule has 2 rings (SSSR count). The molecule has 1 aromatic carbocycles. The lowest BCUT2D eigenvalue weighted by Crippen LogP contribution is -2.43. The van der Waals surface area contributed by atoms with Crippen LogP contribution in [-0.2, 0) is 13.1 Å². The number of nitrogens with zero attached hydrogens (tertiary/aromatic N) is 2. The molecule has 0 atom stereocenters. The van der Waals surface area contributed by atoms with Crippen molar-refractivity contribution in [1.82, 2.24) is 10.6 Å². The van der Waals surface area contributed by atoms with E-state index in [9.17, 15) is 9.50 Å². The first kappa shape index (κ1) is 13.5. The Morgan fingerprint density at radius 2 is 2.00 bits per heavy atom. The zero-order valence-corrected chi connectivity index (χ0v) is 10.9. The third-order valence-corrected chi connectivity index (χ3v) is 2.75. The van der Waals surface area contributed by atoms with Gasteiger partial charge >= 0.3 is 0 Å². The highest BCUT2D eigenvalue weighted by Crippen LogP contribution is 2.09. The number of hydrogen-bond donors (Lipinski definition) is 1. The lowest BCUT2D eigenvalue weighted by Gasteiger charge is -2.04. The van der Waals surface area contributed by atoms with Gasteiger partial charge in [-0.25, -0.2) is 4.39 Å². The summed E-state index contributed by atoms with van der Waals surface area (Å²) in [6, 6.07) is 6.27. The van der Waals surface area contributed by atoms with E-state index in [2.05, 4.69) is 15.1 Å². The van der Waals surface area contributed by atoms with E-state index in [0.717, 1.165) is 5.56 Å². The maximum Gasteiger partial charge on any atom is 0.247 e. The average molecular weight is 265 g/mol. The van der Waals surface area contributed by atoms with Crippen molar-refractivity contribution in [3.05, 3.63) is 41.3 Å². The molecule has 1 aromatic heterocycles. The minimum Gasteiger partial charge on any atom is -0.539 e. The third kappa shape index (κ3) is 3.29. The number of rotatable bonds is 5. The van der Waals surface area contributed by atoms with Crippen LogP contribution < -0.4 is 15.1 Å². The standard InChI is InChI=1S/C13H16FN3O2/c1-9(2)17-12(13(18)19-16-17)8-15-7-10-3-5-11(14)6-4-10/h3-6,9,15H,7-8H2,1-2H3. The lowest BCUT2D eigenvalue weighted by molar-refractivity contribution is -0.785. The van der Waals surface area contributed by atoms with Crippen LogP contribution in [0.25, 0.3) is 0 Å². The van der Waals surface area contributed by atoms with Gasteiger partial charge in [-0.15, -0.1) is 0 Å². The molecule has 0 radical (unpaired) electrons. The molecular weight excluding hydrogens is 249 g/mol. The molecule has 0 spiro atoms. The van der Waals surface area contributed by atoms with E-state index in [1.54, 1.807) is 16.8 Å². The Morgan fingerprint density at radius 1 is 1.32 bits per heavy atom. The van der Waals surface area contributed by atoms with Crippen LogP contribution in [0, 0.1) is 5.82 Å². The fourth-order valence-corrected chi connectivity index (χ4v) is 1.76. The van der Waals surface area contributed by atoms with Crippen LogP contribution in [0.3, 0.4) is 0 Å². The third-order valence-electron chi connectivity index (χ3n) is 2.75. The van der Waals surface area contributed by atoms with Crippen molar-refractivity contribution >= 4 is 0 Å². The maximum atomic E-state index is 12.7. The van der Waals surface area contributed by atoms with Crippen LogP contribution >= 0.6 is 0 Å². The number of halogens is 1. The Balaban J connectivity index is 1.96. The Labute approximate surface area is 110 Å². The molecular formula is C13H16FN3O2. The van der Waals surface area contributed by atoms with Crippen molar-refractivity contribution in [2.24, 2.45) is 0 Å². The molecule has 1 heterocycles. The molecule has 0 aliphatic carbocycles. The van der Waals surface area contributed by atoms with E-state index in [0.29, 0.717) is 18.8 Å². The second kappa shape index (κ2) is 5.79. The van der Waals surface area contributed by atoms with E-state index in [4.69, 9.17) is 0 Å². The van der Waals surface area contributed by atoms with Gasteiger partial charge in [0.05, 0.1) is 11.8 Å². The zero-order chi connectivity index (χ0) is 13.8. The summed E-state index contributed by atoms with van der Waals surface area (Å²) in [6.07, 6.45) is 0. The molecule has 0 saturated heterocycles. The molecule has 0 fully saturated rings. The quantitative estimate of drug-likeness (QED) is 0.821. The highest BCUT2D eigenvalue weighted by atomic mass is 19.1. The molecule has 0 unspecified atom stereocenters. The van der Waals surface area contributed by atoms with Gasteiger partial charge in [-0.1, -0.05) is 16.8 Å². The van der Waals surface area contributed by atoms with Crippen LogP contribution in [0.2, 0.25) is 0 Å². The van der Waals surface area contributed by atoms with Crippen molar-refractivity contribution in [2.75, 3.05) is 0 Å². The van der Waals surface area contributed by atoms with Crippen LogP contribution in [0.4, 0.5) is 4.39 Å². The van der Waals surface area contributed by atoms with Crippen LogP contribution in [0.1, 0.15) is 31.1 Å². The van der Waals surface area contributed by atoms with Crippen molar-refractivity contribution in [3.8, 4) is 5.95 Å². The number of benzene rings is 1. The molecule has 0 amide bonds. The predicted octanol–water partition coefficient (Wildman–Crippen LogP) is 1.05. The summed E-state index contributed by atoms with van der Waals surface area (Å²) in [5, 5.41) is 18.3. The first-order valence-electron chi connectivity index (χ1n) is 6.10. The van der Waals surface area contributed by atoms with Gasteiger partial charge in [0.2, 0.25) is 5.69 Å². The molecule has 2 aromatic rings. The molecule has 19 heavy (non-hydrogen) atoms. The van der Waals surface area contributed by atoms with E-state index in [1.807, 2.05) is 13.8 Å². The first-order chi connectivity index (χ1) is 9.08. The predicted molar refractivity (Wildman–Crippen MR) is 63.5 cm³/mol. The maximum absolute atomic E-state index is 12.7. The normalized spacial score (nSPS) is 11.2. The molecule has 0 aliphatic heterocycles. The van der Waals surface area contributed by atoms with Crippen LogP contribution in [0.15, 0.2) is 28.8 Å². The topological polar surface area (TPSA) is 65.0 Å². The fraction of sp³-hybridized carbons (Fsp3) is 0.385. The van der Waals surface area contributed by atoms with Crippen molar-refractivity contribution in [2.45, 2.75) is 33.0 Å². The largest absolute Gasteiger partial charge is 0.539 e. The van der Waals surface area contributed by atoms with Crippen molar-refractivity contribution in [1.29, 1.82) is 0 Å². The van der Waals surface area contributed by atoms with E-state index < -0.39 is 5.95 Å². The molecule has 0 aliphatic rings. The van der Waals surface area contributed by atoms with Gasteiger partial charge in [0.15, 0.2) is 12.0 Å². The summed E-state index contributed by atoms with van der Waals surface area (Å²) in [5.74, 6) is -0.692. The van der Waals surface area contributed by atoms with Crippen molar-refractivity contribution in [3.63, 3.8) is 0 Å². The number of hydrogen-bond acceptors (Lipinski definition) is 4. The van der Waals surface area contributed by atoms with Gasteiger partial charge in [0.25, 0.3) is 0 Å². The first-order valence-corrected chi connectivity index (χ1v) is 6.10. The van der Waals surface area contributed by atoms with Crippen LogP contribution in [-0.4, -0.2) is 5.27 Å². The minimum absolute atomic E-state index is 0.0640. The Kier molecular flexibility index (Phi) is 4.11. The van der Waals surface area contributed by atoms with Gasteiger partial charge in [0, 0.05) is 6.54 Å². The number of nitrogens with one attached hydrogen (secondary N) is 1. The number of aromatic nitrogens is 2. The lowest BCUT2D eigenvalue weighted by atomic mass is 10.2. The summed E-state index contributed by atoms with van der Waals surface area (Å²) in [7, 11) is 0. The summed E-state index contributed by atoms with van der Waals surface area (Å²) in [5.41, 5.74) is 1.43. The SMILES string of the molecule is CC(C)[n+]1noc([O-])c1CNCc1ccc(F)cc1. The van der Waals surface area contributed by atoms with Gasteiger partial charge < -0.3 is 14.9 Å². The summed E-state index contributed by atoms with van der Waals surface area (Å²) in [6.45, 7) is 4.75. The Morgan fingerprint density at radius 3 is 2.63 bits per heavy atom. The minimum atomic E-state index is -0.430. The molecule has 102 valence electrons. The highest BCUT2D eigenvalue weighted by molar-refractivity contribution is 5.16. The van der Waals surface area contributed by atoms with Crippen molar-refractivity contribution < 1.29 is 18.7 Å². The van der Waals surface area contributed by atoms with Crippen LogP contribution in [0.5, 0.6) is 5.95 Å². The van der Waals surface area contributed by atoms with Gasteiger partial charge in [0.1, 0.15) is 5.82 Å². The highest BCUT2D eigenvalue weighted by Gasteiger charge is 2.19. The van der Waals surface area contributed by atoms with E-state index in [1.165, 1.54) is 12.1 Å². The zero-order valence-electron chi connectivity index (χ0n) is 10.9. The molecule has 0 bridgehead atoms. The molecule has 5 nitrogen and oxygen atoms in total. The molecule has 1 N–H and O–H groups in total. The van der Waals surface area contributed by atoms with Gasteiger partial charge in [-0.3, -0.25) is 0 Å². The Bertz CT molecular complexity index is 537. The fourth-order valence-electron chi connectivity index (χ4n) is 1.76. The monoisotopic (exact) mass is 265 g/mol. The molecule has 6 heteroatoms. The van der Waals surface area contributed by atoms with Gasteiger partial charge in [-0.2, -0.15) is 0 Å². The Hall–Kier alpha value is -1.95.